The molecule has 1 heterocycles. The molecule has 0 amide bonds. The number of aromatic nitrogens is 2. The Morgan fingerprint density at radius 2 is 2.39 bits per heavy atom. The first-order valence-corrected chi connectivity index (χ1v) is 5.75. The standard InChI is InChI=1S/C12H12N4OS/c1-2-5-13-12(18)16-8-3-4-10-9(6-8)11(17)15-7-14-10/h2-4,6-7H,1,5H2,(H2,13,16,18)(H,14,15,17). The number of hydrogen-bond acceptors (Lipinski definition) is 3. The van der Waals surface area contributed by atoms with E-state index in [1.807, 2.05) is 6.07 Å². The smallest absolute Gasteiger partial charge is 0.258 e. The van der Waals surface area contributed by atoms with E-state index in [0.29, 0.717) is 22.6 Å². The number of H-pyrrole nitrogens is 1. The van der Waals surface area contributed by atoms with Crippen molar-refractivity contribution in [1.82, 2.24) is 15.3 Å². The van der Waals surface area contributed by atoms with Crippen LogP contribution in [-0.2, 0) is 0 Å². The van der Waals surface area contributed by atoms with Gasteiger partial charge >= 0.3 is 0 Å². The summed E-state index contributed by atoms with van der Waals surface area (Å²) in [5, 5.41) is 6.94. The molecule has 0 aliphatic carbocycles. The first-order valence-electron chi connectivity index (χ1n) is 5.34. The summed E-state index contributed by atoms with van der Waals surface area (Å²) in [6.07, 6.45) is 3.09. The van der Waals surface area contributed by atoms with Gasteiger partial charge < -0.3 is 15.6 Å². The average Bonchev–Trinajstić information content (AvgIpc) is 2.37. The molecule has 2 aromatic rings. The second-order valence-corrected chi connectivity index (χ2v) is 4.00. The molecule has 0 unspecified atom stereocenters. The average molecular weight is 260 g/mol. The molecule has 6 heteroatoms. The molecule has 3 N–H and O–H groups in total. The Hall–Kier alpha value is -2.21. The Morgan fingerprint density at radius 1 is 1.56 bits per heavy atom. The van der Waals surface area contributed by atoms with Crippen molar-refractivity contribution in [2.45, 2.75) is 0 Å². The lowest BCUT2D eigenvalue weighted by atomic mass is 10.2. The molecular weight excluding hydrogens is 248 g/mol. The summed E-state index contributed by atoms with van der Waals surface area (Å²) >= 11 is 5.09. The van der Waals surface area contributed by atoms with E-state index in [1.165, 1.54) is 6.33 Å². The van der Waals surface area contributed by atoms with Gasteiger partial charge in [0.15, 0.2) is 5.11 Å². The predicted molar refractivity (Wildman–Crippen MR) is 76.8 cm³/mol. The molecule has 0 atom stereocenters. The van der Waals surface area contributed by atoms with Crippen LogP contribution in [-0.4, -0.2) is 21.6 Å². The minimum Gasteiger partial charge on any atom is -0.359 e. The summed E-state index contributed by atoms with van der Waals surface area (Å²) in [7, 11) is 0. The lowest BCUT2D eigenvalue weighted by Crippen LogP contribution is -2.28. The number of benzene rings is 1. The highest BCUT2D eigenvalue weighted by Crippen LogP contribution is 2.13. The van der Waals surface area contributed by atoms with E-state index in [1.54, 1.807) is 18.2 Å². The highest BCUT2D eigenvalue weighted by molar-refractivity contribution is 7.80. The summed E-state index contributed by atoms with van der Waals surface area (Å²) < 4.78 is 0. The molecule has 0 bridgehead atoms. The van der Waals surface area contributed by atoms with Gasteiger partial charge in [-0.25, -0.2) is 4.98 Å². The van der Waals surface area contributed by atoms with E-state index in [9.17, 15) is 4.79 Å². The van der Waals surface area contributed by atoms with Crippen molar-refractivity contribution in [3.05, 3.63) is 47.5 Å². The maximum Gasteiger partial charge on any atom is 0.258 e. The SMILES string of the molecule is C=CCNC(=S)Nc1ccc2nc[nH]c(=O)c2c1. The summed E-state index contributed by atoms with van der Waals surface area (Å²) in [5.41, 5.74) is 1.21. The van der Waals surface area contributed by atoms with Crippen molar-refractivity contribution in [3.63, 3.8) is 0 Å². The van der Waals surface area contributed by atoms with Crippen molar-refractivity contribution in [2.75, 3.05) is 11.9 Å². The van der Waals surface area contributed by atoms with Gasteiger partial charge in [0.1, 0.15) is 0 Å². The van der Waals surface area contributed by atoms with Crippen LogP contribution in [0.15, 0.2) is 42.0 Å². The number of nitrogens with zero attached hydrogens (tertiary/aromatic N) is 1. The number of anilines is 1. The molecular formula is C12H12N4OS. The third kappa shape index (κ3) is 2.72. The van der Waals surface area contributed by atoms with Crippen molar-refractivity contribution < 1.29 is 0 Å². The maximum atomic E-state index is 11.6. The molecule has 0 aliphatic heterocycles. The van der Waals surface area contributed by atoms with Gasteiger partial charge in [0.2, 0.25) is 0 Å². The number of thiocarbonyl (C=S) groups is 1. The zero-order valence-electron chi connectivity index (χ0n) is 9.56. The van der Waals surface area contributed by atoms with E-state index in [4.69, 9.17) is 12.2 Å². The summed E-state index contributed by atoms with van der Waals surface area (Å²) in [6, 6.07) is 5.29. The lowest BCUT2D eigenvalue weighted by molar-refractivity contribution is 1.06. The molecule has 0 spiro atoms. The Balaban J connectivity index is 2.25. The van der Waals surface area contributed by atoms with Gasteiger partial charge in [0.05, 0.1) is 17.2 Å². The molecule has 18 heavy (non-hydrogen) atoms. The molecule has 92 valence electrons. The highest BCUT2D eigenvalue weighted by atomic mass is 32.1. The zero-order chi connectivity index (χ0) is 13.0. The summed E-state index contributed by atoms with van der Waals surface area (Å²) in [6.45, 7) is 4.17. The topological polar surface area (TPSA) is 69.8 Å². The molecule has 2 rings (SSSR count). The molecule has 0 saturated heterocycles. The van der Waals surface area contributed by atoms with Crippen LogP contribution in [0.3, 0.4) is 0 Å². The van der Waals surface area contributed by atoms with Crippen LogP contribution in [0, 0.1) is 0 Å². The van der Waals surface area contributed by atoms with Crippen LogP contribution in [0.5, 0.6) is 0 Å². The largest absolute Gasteiger partial charge is 0.359 e. The van der Waals surface area contributed by atoms with Crippen molar-refractivity contribution in [1.29, 1.82) is 0 Å². The molecule has 0 fully saturated rings. The number of aromatic amines is 1. The van der Waals surface area contributed by atoms with E-state index in [0.717, 1.165) is 5.69 Å². The zero-order valence-corrected chi connectivity index (χ0v) is 10.4. The minimum absolute atomic E-state index is 0.173. The van der Waals surface area contributed by atoms with Gasteiger partial charge in [0.25, 0.3) is 5.56 Å². The second kappa shape index (κ2) is 5.42. The Bertz CT molecular complexity index is 650. The number of rotatable bonds is 3. The van der Waals surface area contributed by atoms with Crippen molar-refractivity contribution in [2.24, 2.45) is 0 Å². The minimum atomic E-state index is -0.173. The lowest BCUT2D eigenvalue weighted by Gasteiger charge is -2.09. The van der Waals surface area contributed by atoms with Gasteiger partial charge in [-0.2, -0.15) is 0 Å². The molecule has 5 nitrogen and oxygen atoms in total. The molecule has 1 aromatic heterocycles. The Morgan fingerprint density at radius 3 is 3.17 bits per heavy atom. The first kappa shape index (κ1) is 12.3. The summed E-state index contributed by atoms with van der Waals surface area (Å²) in [4.78, 5) is 18.2. The van der Waals surface area contributed by atoms with E-state index < -0.39 is 0 Å². The van der Waals surface area contributed by atoms with Crippen LogP contribution in [0.2, 0.25) is 0 Å². The normalized spacial score (nSPS) is 10.0. The van der Waals surface area contributed by atoms with Crippen LogP contribution < -0.4 is 16.2 Å². The number of nitrogens with one attached hydrogen (secondary N) is 3. The fourth-order valence-corrected chi connectivity index (χ4v) is 1.69. The van der Waals surface area contributed by atoms with Gasteiger partial charge in [-0.3, -0.25) is 4.79 Å². The first-order chi connectivity index (χ1) is 8.70. The van der Waals surface area contributed by atoms with Crippen LogP contribution in [0.25, 0.3) is 10.9 Å². The Kier molecular flexibility index (Phi) is 3.69. The van der Waals surface area contributed by atoms with Crippen molar-refractivity contribution >= 4 is 33.9 Å². The van der Waals surface area contributed by atoms with Gasteiger partial charge in [-0.1, -0.05) is 6.08 Å². The van der Waals surface area contributed by atoms with E-state index >= 15 is 0 Å². The molecule has 1 aromatic carbocycles. The fourth-order valence-electron chi connectivity index (χ4n) is 1.49. The van der Waals surface area contributed by atoms with Gasteiger partial charge in [-0.15, -0.1) is 6.58 Å². The highest BCUT2D eigenvalue weighted by Gasteiger charge is 2.02. The number of hydrogen-bond donors (Lipinski definition) is 3. The monoisotopic (exact) mass is 260 g/mol. The second-order valence-electron chi connectivity index (χ2n) is 3.59. The van der Waals surface area contributed by atoms with Crippen LogP contribution >= 0.6 is 12.2 Å². The van der Waals surface area contributed by atoms with Crippen LogP contribution in [0.4, 0.5) is 5.69 Å². The van der Waals surface area contributed by atoms with Crippen molar-refractivity contribution in [3.8, 4) is 0 Å². The van der Waals surface area contributed by atoms with Crippen LogP contribution in [0.1, 0.15) is 0 Å². The maximum absolute atomic E-state index is 11.6. The third-order valence-electron chi connectivity index (χ3n) is 2.31. The molecule has 0 aliphatic rings. The fraction of sp³-hybridized carbons (Fsp3) is 0.0833. The third-order valence-corrected chi connectivity index (χ3v) is 2.55. The molecule has 0 saturated carbocycles. The van der Waals surface area contributed by atoms with Gasteiger partial charge in [0, 0.05) is 12.2 Å². The quantitative estimate of drug-likeness (QED) is 0.575. The van der Waals surface area contributed by atoms with E-state index in [2.05, 4.69) is 27.2 Å². The molecule has 0 radical (unpaired) electrons. The Labute approximate surface area is 109 Å². The predicted octanol–water partition coefficient (Wildman–Crippen LogP) is 1.40. The van der Waals surface area contributed by atoms with Gasteiger partial charge in [-0.05, 0) is 30.4 Å². The van der Waals surface area contributed by atoms with E-state index in [-0.39, 0.29) is 5.56 Å². The summed E-state index contributed by atoms with van der Waals surface area (Å²) in [5.74, 6) is 0. The number of fused-ring (bicyclic) bond motifs is 1.